The Bertz CT molecular complexity index is 1010. The first-order chi connectivity index (χ1) is 14.0. The third-order valence-corrected chi connectivity index (χ3v) is 4.77. The molecule has 2 N–H and O–H groups in total. The van der Waals surface area contributed by atoms with Gasteiger partial charge in [-0.15, -0.1) is 10.2 Å². The summed E-state index contributed by atoms with van der Waals surface area (Å²) in [6.07, 6.45) is 0. The molecule has 3 aromatic rings. The molecule has 0 spiro atoms. The lowest BCUT2D eigenvalue weighted by atomic mass is 10.2. The van der Waals surface area contributed by atoms with Crippen molar-refractivity contribution in [2.45, 2.75) is 13.2 Å². The van der Waals surface area contributed by atoms with Crippen molar-refractivity contribution in [1.29, 1.82) is 0 Å². The number of carbonyl (C=O) groups excluding carboxylic acids is 2. The van der Waals surface area contributed by atoms with E-state index in [1.165, 1.54) is 6.07 Å². The van der Waals surface area contributed by atoms with Crippen LogP contribution in [0.4, 0.5) is 10.1 Å². The summed E-state index contributed by atoms with van der Waals surface area (Å²) in [5.41, 5.74) is 0.933. The largest absolute Gasteiger partial charge is 0.364 e. The van der Waals surface area contributed by atoms with Gasteiger partial charge in [-0.3, -0.25) is 9.59 Å². The summed E-state index contributed by atoms with van der Waals surface area (Å²) >= 11 is 6.94. The number of hydrogen-bond donors (Lipinski definition) is 2. The van der Waals surface area contributed by atoms with Crippen molar-refractivity contribution in [2.24, 2.45) is 0 Å². The molecule has 0 saturated carbocycles. The van der Waals surface area contributed by atoms with Gasteiger partial charge < -0.3 is 15.4 Å². The fraction of sp³-hybridized carbons (Fsp3) is 0.158. The van der Waals surface area contributed by atoms with Crippen LogP contribution in [0.25, 0.3) is 0 Å². The molecule has 150 valence electrons. The molecule has 3 rings (SSSR count). The van der Waals surface area contributed by atoms with Gasteiger partial charge in [0, 0.05) is 22.8 Å². The van der Waals surface area contributed by atoms with E-state index in [4.69, 9.17) is 16.3 Å². The van der Waals surface area contributed by atoms with Crippen LogP contribution in [0.5, 0.6) is 0 Å². The van der Waals surface area contributed by atoms with Gasteiger partial charge in [0.25, 0.3) is 5.91 Å². The first-order valence-electron chi connectivity index (χ1n) is 8.48. The molecule has 0 unspecified atom stereocenters. The molecule has 7 nitrogen and oxygen atoms in total. The summed E-state index contributed by atoms with van der Waals surface area (Å²) in [5.74, 6) is -1.19. The highest BCUT2D eigenvalue weighted by Crippen LogP contribution is 2.17. The Balaban J connectivity index is 1.42. The number of carbonyl (C=O) groups is 2. The number of nitrogens with zero attached hydrogens (tertiary/aromatic N) is 2. The van der Waals surface area contributed by atoms with Crippen molar-refractivity contribution in [1.82, 2.24) is 15.5 Å². The third kappa shape index (κ3) is 6.31. The van der Waals surface area contributed by atoms with Gasteiger partial charge in [0.1, 0.15) is 24.0 Å². The second-order valence-electron chi connectivity index (χ2n) is 5.83. The highest BCUT2D eigenvalue weighted by molar-refractivity contribution is 7.13. The molecule has 10 heteroatoms. The lowest BCUT2D eigenvalue weighted by molar-refractivity contribution is -0.126. The van der Waals surface area contributed by atoms with E-state index in [1.54, 1.807) is 42.5 Å². The zero-order valence-corrected chi connectivity index (χ0v) is 16.6. The van der Waals surface area contributed by atoms with E-state index in [9.17, 15) is 14.0 Å². The summed E-state index contributed by atoms with van der Waals surface area (Å²) in [4.78, 5) is 24.0. The number of rotatable bonds is 8. The lowest BCUT2D eigenvalue weighted by Gasteiger charge is -2.06. The smallest absolute Gasteiger partial charge is 0.286 e. The number of anilines is 1. The van der Waals surface area contributed by atoms with Gasteiger partial charge in [0.15, 0.2) is 0 Å². The molecular formula is C19H16ClFN4O3S. The van der Waals surface area contributed by atoms with Crippen molar-refractivity contribution in [3.63, 3.8) is 0 Å². The number of ether oxygens (including phenoxy) is 1. The highest BCUT2D eigenvalue weighted by atomic mass is 35.5. The molecule has 29 heavy (non-hydrogen) atoms. The van der Waals surface area contributed by atoms with Crippen LogP contribution < -0.4 is 10.6 Å². The summed E-state index contributed by atoms with van der Waals surface area (Å²) in [6.45, 7) is -0.130. The van der Waals surface area contributed by atoms with Crippen LogP contribution in [0.15, 0.2) is 48.5 Å². The van der Waals surface area contributed by atoms with E-state index >= 15 is 0 Å². The summed E-state index contributed by atoms with van der Waals surface area (Å²) in [6, 6.07) is 12.9. The highest BCUT2D eigenvalue weighted by Gasteiger charge is 2.14. The second-order valence-corrected chi connectivity index (χ2v) is 7.32. The maximum atomic E-state index is 13.5. The van der Waals surface area contributed by atoms with Crippen molar-refractivity contribution in [3.8, 4) is 0 Å². The molecule has 0 fully saturated rings. The first kappa shape index (κ1) is 20.8. The molecule has 0 bridgehead atoms. The topological polar surface area (TPSA) is 93.2 Å². The van der Waals surface area contributed by atoms with Crippen molar-refractivity contribution in [2.75, 3.05) is 11.9 Å². The molecule has 0 saturated heterocycles. The number of amides is 2. The zero-order chi connectivity index (χ0) is 20.6. The van der Waals surface area contributed by atoms with E-state index in [0.29, 0.717) is 21.3 Å². The summed E-state index contributed by atoms with van der Waals surface area (Å²) < 4.78 is 18.8. The Labute approximate surface area is 174 Å². The minimum atomic E-state index is -0.418. The number of hydrogen-bond acceptors (Lipinski definition) is 6. The van der Waals surface area contributed by atoms with Crippen molar-refractivity contribution in [3.05, 3.63) is 74.9 Å². The molecular weight excluding hydrogens is 419 g/mol. The van der Waals surface area contributed by atoms with Crippen LogP contribution in [-0.2, 0) is 22.7 Å². The molecule has 0 aliphatic rings. The van der Waals surface area contributed by atoms with Gasteiger partial charge in [-0.2, -0.15) is 0 Å². The maximum absolute atomic E-state index is 13.5. The van der Waals surface area contributed by atoms with Crippen LogP contribution in [0.3, 0.4) is 0 Å². The molecule has 1 aromatic heterocycles. The first-order valence-corrected chi connectivity index (χ1v) is 9.68. The standard InChI is InChI=1S/C19H16ClFN4O3S/c20-13-5-3-6-14(8-13)23-18(27)19-25-24-17(29-19)11-28-10-16(26)22-9-12-4-1-2-7-15(12)21/h1-8H,9-11H2,(H,22,26)(H,23,27). The Hall–Kier alpha value is -2.88. The van der Waals surface area contributed by atoms with Gasteiger partial charge in [0.2, 0.25) is 10.9 Å². The van der Waals surface area contributed by atoms with Gasteiger partial charge in [-0.1, -0.05) is 47.2 Å². The minimum absolute atomic E-state index is 0.0230. The van der Waals surface area contributed by atoms with Crippen LogP contribution in [0, 0.1) is 5.82 Å². The van der Waals surface area contributed by atoms with Crippen LogP contribution >= 0.6 is 22.9 Å². The van der Waals surface area contributed by atoms with Gasteiger partial charge in [-0.25, -0.2) is 4.39 Å². The molecule has 1 heterocycles. The van der Waals surface area contributed by atoms with Crippen LogP contribution in [-0.4, -0.2) is 28.6 Å². The average molecular weight is 435 g/mol. The van der Waals surface area contributed by atoms with Gasteiger partial charge >= 0.3 is 0 Å². The van der Waals surface area contributed by atoms with E-state index in [0.717, 1.165) is 11.3 Å². The Morgan fingerprint density at radius 3 is 2.76 bits per heavy atom. The summed E-state index contributed by atoms with van der Waals surface area (Å²) in [7, 11) is 0. The molecule has 2 aromatic carbocycles. The SMILES string of the molecule is O=C(COCc1nnc(C(=O)Nc2cccc(Cl)c2)s1)NCc1ccccc1F. The zero-order valence-electron chi connectivity index (χ0n) is 15.0. The second kappa shape index (κ2) is 10.1. The Kier molecular flexibility index (Phi) is 7.23. The maximum Gasteiger partial charge on any atom is 0.286 e. The van der Waals surface area contributed by atoms with E-state index in [1.807, 2.05) is 0 Å². The Morgan fingerprint density at radius 1 is 1.14 bits per heavy atom. The van der Waals surface area contributed by atoms with Crippen molar-refractivity contribution < 1.29 is 18.7 Å². The third-order valence-electron chi connectivity index (χ3n) is 3.64. The summed E-state index contributed by atoms with van der Waals surface area (Å²) in [5, 5.41) is 14.0. The molecule has 0 atom stereocenters. The molecule has 0 radical (unpaired) electrons. The Morgan fingerprint density at radius 2 is 1.97 bits per heavy atom. The van der Waals surface area contributed by atoms with E-state index in [-0.39, 0.29) is 30.6 Å². The predicted molar refractivity (Wildman–Crippen MR) is 107 cm³/mol. The monoisotopic (exact) mass is 434 g/mol. The molecule has 2 amide bonds. The quantitative estimate of drug-likeness (QED) is 0.566. The normalized spacial score (nSPS) is 10.6. The molecule has 0 aliphatic heterocycles. The predicted octanol–water partition coefficient (Wildman–Crippen LogP) is 3.42. The van der Waals surface area contributed by atoms with Gasteiger partial charge in [0.05, 0.1) is 0 Å². The van der Waals surface area contributed by atoms with Gasteiger partial charge in [-0.05, 0) is 24.3 Å². The lowest BCUT2D eigenvalue weighted by Crippen LogP contribution is -2.27. The van der Waals surface area contributed by atoms with Crippen LogP contribution in [0.1, 0.15) is 20.4 Å². The fourth-order valence-electron chi connectivity index (χ4n) is 2.27. The number of nitrogens with one attached hydrogen (secondary N) is 2. The van der Waals surface area contributed by atoms with E-state index < -0.39 is 11.8 Å². The van der Waals surface area contributed by atoms with Crippen LogP contribution in [0.2, 0.25) is 5.02 Å². The molecule has 0 aliphatic carbocycles. The van der Waals surface area contributed by atoms with E-state index in [2.05, 4.69) is 20.8 Å². The number of aromatic nitrogens is 2. The minimum Gasteiger partial charge on any atom is -0.364 e. The fourth-order valence-corrected chi connectivity index (χ4v) is 3.13. The average Bonchev–Trinajstić information content (AvgIpc) is 3.16. The van der Waals surface area contributed by atoms with Crippen molar-refractivity contribution >= 4 is 40.4 Å². The number of benzene rings is 2. The number of halogens is 2.